The monoisotopic (exact) mass is 338 g/mol. The molecule has 0 radical (unpaired) electrons. The van der Waals surface area contributed by atoms with E-state index in [9.17, 15) is 13.2 Å². The van der Waals surface area contributed by atoms with Crippen LogP contribution in [0.4, 0.5) is 5.13 Å². The third-order valence-electron chi connectivity index (χ3n) is 3.99. The molecule has 1 atom stereocenters. The first kappa shape index (κ1) is 15.4. The van der Waals surface area contributed by atoms with E-state index in [0.717, 1.165) is 21.3 Å². The molecular formula is C15H18N2O3S2. The minimum absolute atomic E-state index is 0.0668. The normalized spacial score (nSPS) is 20.4. The van der Waals surface area contributed by atoms with Crippen molar-refractivity contribution in [1.29, 1.82) is 0 Å². The maximum absolute atomic E-state index is 12.1. The van der Waals surface area contributed by atoms with E-state index in [0.29, 0.717) is 11.6 Å². The first-order valence-corrected chi connectivity index (χ1v) is 9.85. The van der Waals surface area contributed by atoms with Crippen molar-refractivity contribution in [2.24, 2.45) is 5.92 Å². The van der Waals surface area contributed by atoms with Gasteiger partial charge in [0.15, 0.2) is 15.0 Å². The van der Waals surface area contributed by atoms with Crippen LogP contribution < -0.4 is 5.32 Å². The average molecular weight is 338 g/mol. The Morgan fingerprint density at radius 1 is 1.36 bits per heavy atom. The number of fused-ring (bicyclic) bond motifs is 1. The Bertz CT molecular complexity index is 801. The van der Waals surface area contributed by atoms with Crippen LogP contribution in [0.25, 0.3) is 10.2 Å². The number of anilines is 1. The van der Waals surface area contributed by atoms with Gasteiger partial charge in [-0.3, -0.25) is 4.79 Å². The molecule has 1 fully saturated rings. The Morgan fingerprint density at radius 2 is 2.09 bits per heavy atom. The highest BCUT2D eigenvalue weighted by Gasteiger charge is 2.29. The number of rotatable bonds is 3. The molecule has 0 spiro atoms. The summed E-state index contributed by atoms with van der Waals surface area (Å²) in [5.41, 5.74) is 3.14. The lowest BCUT2D eigenvalue weighted by Crippen LogP contribution is -2.17. The Balaban J connectivity index is 1.72. The van der Waals surface area contributed by atoms with Gasteiger partial charge in [-0.1, -0.05) is 23.5 Å². The lowest BCUT2D eigenvalue weighted by atomic mass is 10.1. The van der Waals surface area contributed by atoms with E-state index in [1.165, 1.54) is 11.3 Å². The number of benzene rings is 1. The molecule has 7 heteroatoms. The van der Waals surface area contributed by atoms with Crippen LogP contribution in [0.3, 0.4) is 0 Å². The standard InChI is InChI=1S/C15H18N2O3S2/c1-9-3-4-10(2)14-13(9)17-15(21-14)16-12(18)7-11-5-6-22(19,20)8-11/h3-4,11H,5-8H2,1-2H3,(H,16,17,18)/t11-/m0/s1. The van der Waals surface area contributed by atoms with Gasteiger partial charge in [0.05, 0.1) is 21.7 Å². The lowest BCUT2D eigenvalue weighted by molar-refractivity contribution is -0.116. The fourth-order valence-corrected chi connectivity index (χ4v) is 5.67. The SMILES string of the molecule is Cc1ccc(C)c2sc(NC(=O)C[C@@H]3CCS(=O)(=O)C3)nc12. The number of carbonyl (C=O) groups is 1. The van der Waals surface area contributed by atoms with Gasteiger partial charge in [-0.15, -0.1) is 0 Å². The summed E-state index contributed by atoms with van der Waals surface area (Å²) >= 11 is 1.46. The maximum atomic E-state index is 12.1. The molecule has 1 amide bonds. The second kappa shape index (κ2) is 5.62. The molecular weight excluding hydrogens is 320 g/mol. The Kier molecular flexibility index (Phi) is 3.94. The van der Waals surface area contributed by atoms with Crippen LogP contribution in [0, 0.1) is 19.8 Å². The number of thiazole rings is 1. The third kappa shape index (κ3) is 3.15. The Labute approximate surface area is 133 Å². The molecule has 5 nitrogen and oxygen atoms in total. The number of nitrogens with one attached hydrogen (secondary N) is 1. The Hall–Kier alpha value is -1.47. The van der Waals surface area contributed by atoms with Crippen LogP contribution >= 0.6 is 11.3 Å². The second-order valence-electron chi connectivity index (χ2n) is 5.92. The van der Waals surface area contributed by atoms with Crippen molar-refractivity contribution in [1.82, 2.24) is 4.98 Å². The molecule has 0 saturated carbocycles. The summed E-state index contributed by atoms with van der Waals surface area (Å²) in [6, 6.07) is 4.07. The highest BCUT2D eigenvalue weighted by molar-refractivity contribution is 7.91. The fourth-order valence-electron chi connectivity index (χ4n) is 2.78. The van der Waals surface area contributed by atoms with E-state index in [1.54, 1.807) is 0 Å². The molecule has 1 aliphatic heterocycles. The van der Waals surface area contributed by atoms with E-state index >= 15 is 0 Å². The van der Waals surface area contributed by atoms with E-state index in [4.69, 9.17) is 0 Å². The van der Waals surface area contributed by atoms with Crippen molar-refractivity contribution in [3.05, 3.63) is 23.3 Å². The van der Waals surface area contributed by atoms with Crippen molar-refractivity contribution in [3.8, 4) is 0 Å². The summed E-state index contributed by atoms with van der Waals surface area (Å²) in [6.07, 6.45) is 0.820. The molecule has 1 aromatic heterocycles. The lowest BCUT2D eigenvalue weighted by Gasteiger charge is -2.06. The van der Waals surface area contributed by atoms with Crippen LogP contribution in [0.5, 0.6) is 0 Å². The van der Waals surface area contributed by atoms with Gasteiger partial charge in [-0.05, 0) is 37.3 Å². The van der Waals surface area contributed by atoms with Gasteiger partial charge < -0.3 is 5.32 Å². The highest BCUT2D eigenvalue weighted by atomic mass is 32.2. The van der Waals surface area contributed by atoms with Crippen molar-refractivity contribution < 1.29 is 13.2 Å². The van der Waals surface area contributed by atoms with Gasteiger partial charge in [0, 0.05) is 6.42 Å². The molecule has 3 rings (SSSR count). The average Bonchev–Trinajstić information content (AvgIpc) is 2.98. The summed E-state index contributed by atoms with van der Waals surface area (Å²) in [5, 5.41) is 3.40. The zero-order valence-electron chi connectivity index (χ0n) is 12.5. The molecule has 1 aliphatic rings. The van der Waals surface area contributed by atoms with E-state index < -0.39 is 9.84 Å². The zero-order chi connectivity index (χ0) is 15.9. The molecule has 2 aromatic rings. The number of carbonyl (C=O) groups excluding carboxylic acids is 1. The molecule has 22 heavy (non-hydrogen) atoms. The predicted molar refractivity (Wildman–Crippen MR) is 89.1 cm³/mol. The fraction of sp³-hybridized carbons (Fsp3) is 0.467. The van der Waals surface area contributed by atoms with E-state index in [1.807, 2.05) is 26.0 Å². The van der Waals surface area contributed by atoms with Crippen molar-refractivity contribution >= 4 is 42.4 Å². The summed E-state index contributed by atoms with van der Waals surface area (Å²) in [6.45, 7) is 4.02. The quantitative estimate of drug-likeness (QED) is 0.933. The molecule has 1 saturated heterocycles. The van der Waals surface area contributed by atoms with Gasteiger partial charge in [0.1, 0.15) is 0 Å². The molecule has 118 valence electrons. The largest absolute Gasteiger partial charge is 0.302 e. The molecule has 0 bridgehead atoms. The first-order valence-electron chi connectivity index (χ1n) is 7.21. The number of nitrogens with zero attached hydrogens (tertiary/aromatic N) is 1. The van der Waals surface area contributed by atoms with Crippen LogP contribution in [0.15, 0.2) is 12.1 Å². The zero-order valence-corrected chi connectivity index (χ0v) is 14.2. The molecule has 0 unspecified atom stereocenters. The molecule has 2 heterocycles. The van der Waals surface area contributed by atoms with Gasteiger partial charge in [0.25, 0.3) is 0 Å². The summed E-state index contributed by atoms with van der Waals surface area (Å²) in [4.78, 5) is 16.6. The number of hydrogen-bond donors (Lipinski definition) is 1. The van der Waals surface area contributed by atoms with Gasteiger partial charge in [-0.25, -0.2) is 13.4 Å². The molecule has 1 aromatic carbocycles. The highest BCUT2D eigenvalue weighted by Crippen LogP contribution is 2.31. The number of amides is 1. The van der Waals surface area contributed by atoms with Gasteiger partial charge >= 0.3 is 0 Å². The van der Waals surface area contributed by atoms with Crippen molar-refractivity contribution in [2.45, 2.75) is 26.7 Å². The first-order chi connectivity index (χ1) is 10.3. The number of hydrogen-bond acceptors (Lipinski definition) is 5. The summed E-state index contributed by atoms with van der Waals surface area (Å²) in [5.74, 6) is 0.0995. The molecule has 0 aliphatic carbocycles. The Morgan fingerprint density at radius 3 is 2.73 bits per heavy atom. The number of aryl methyl sites for hydroxylation is 2. The van der Waals surface area contributed by atoms with Crippen molar-refractivity contribution in [3.63, 3.8) is 0 Å². The predicted octanol–water partition coefficient (Wildman–Crippen LogP) is 2.68. The van der Waals surface area contributed by atoms with Gasteiger partial charge in [-0.2, -0.15) is 0 Å². The van der Waals surface area contributed by atoms with E-state index in [2.05, 4.69) is 10.3 Å². The van der Waals surface area contributed by atoms with Crippen LogP contribution in [-0.2, 0) is 14.6 Å². The number of sulfone groups is 1. The van der Waals surface area contributed by atoms with Gasteiger partial charge in [0.2, 0.25) is 5.91 Å². The third-order valence-corrected chi connectivity index (χ3v) is 6.93. The van der Waals surface area contributed by atoms with Crippen LogP contribution in [-0.4, -0.2) is 30.8 Å². The van der Waals surface area contributed by atoms with Crippen LogP contribution in [0.2, 0.25) is 0 Å². The van der Waals surface area contributed by atoms with E-state index in [-0.39, 0.29) is 29.8 Å². The maximum Gasteiger partial charge on any atom is 0.226 e. The minimum Gasteiger partial charge on any atom is -0.302 e. The number of aromatic nitrogens is 1. The summed E-state index contributed by atoms with van der Waals surface area (Å²) in [7, 11) is -2.94. The topological polar surface area (TPSA) is 76.1 Å². The summed E-state index contributed by atoms with van der Waals surface area (Å²) < 4.78 is 23.9. The minimum atomic E-state index is -2.94. The van der Waals surface area contributed by atoms with Crippen LogP contribution in [0.1, 0.15) is 24.0 Å². The molecule has 1 N–H and O–H groups in total. The second-order valence-corrected chi connectivity index (χ2v) is 9.15. The smallest absolute Gasteiger partial charge is 0.226 e. The van der Waals surface area contributed by atoms with Crippen molar-refractivity contribution in [2.75, 3.05) is 16.8 Å².